The largest absolute Gasteiger partial charge is 0.282 e. The summed E-state index contributed by atoms with van der Waals surface area (Å²) in [5.41, 5.74) is 1.06. The van der Waals surface area contributed by atoms with Crippen molar-refractivity contribution >= 4 is 43.2 Å². The van der Waals surface area contributed by atoms with E-state index in [2.05, 4.69) is 25.6 Å². The van der Waals surface area contributed by atoms with Crippen LogP contribution >= 0.6 is 27.5 Å². The summed E-state index contributed by atoms with van der Waals surface area (Å²) in [4.78, 5) is 3.84. The smallest absolute Gasteiger partial charge is 0.237 e. The van der Waals surface area contributed by atoms with Gasteiger partial charge in [0.15, 0.2) is 0 Å². The lowest BCUT2D eigenvalue weighted by molar-refractivity contribution is 0.600. The Balaban J connectivity index is 2.23. The first kappa shape index (κ1) is 15.8. The van der Waals surface area contributed by atoms with Crippen molar-refractivity contribution < 1.29 is 8.42 Å². The molecule has 0 radical (unpaired) electrons. The maximum absolute atomic E-state index is 12.1. The van der Waals surface area contributed by atoms with Crippen molar-refractivity contribution in [1.82, 2.24) is 4.98 Å². The molecule has 0 aliphatic carbocycles. The lowest BCUT2D eigenvalue weighted by atomic mass is 10.1. The first-order valence-electron chi connectivity index (χ1n) is 5.71. The molecular formula is C13H9BrClN3O2S. The molecule has 0 bridgehead atoms. The van der Waals surface area contributed by atoms with Gasteiger partial charge in [0.1, 0.15) is 5.15 Å². The van der Waals surface area contributed by atoms with Crippen LogP contribution in [0.1, 0.15) is 11.1 Å². The minimum Gasteiger partial charge on any atom is -0.282 e. The summed E-state index contributed by atoms with van der Waals surface area (Å²) in [5, 5.41) is 9.22. The van der Waals surface area contributed by atoms with Gasteiger partial charge >= 0.3 is 0 Å². The fourth-order valence-electron chi connectivity index (χ4n) is 1.65. The Kier molecular flexibility index (Phi) is 4.83. The van der Waals surface area contributed by atoms with Crippen molar-refractivity contribution in [3.05, 3.63) is 57.3 Å². The second kappa shape index (κ2) is 6.43. The number of rotatable bonds is 4. The number of aromatic nitrogens is 1. The summed E-state index contributed by atoms with van der Waals surface area (Å²) >= 11 is 8.92. The third-order valence-electron chi connectivity index (χ3n) is 2.55. The summed E-state index contributed by atoms with van der Waals surface area (Å²) in [6, 6.07) is 10.0. The van der Waals surface area contributed by atoms with E-state index in [0.717, 1.165) is 0 Å². The number of sulfonamides is 1. The van der Waals surface area contributed by atoms with Gasteiger partial charge in [0.2, 0.25) is 10.0 Å². The van der Waals surface area contributed by atoms with E-state index in [9.17, 15) is 8.42 Å². The number of anilines is 1. The quantitative estimate of drug-likeness (QED) is 0.817. The highest BCUT2D eigenvalue weighted by Crippen LogP contribution is 2.24. The van der Waals surface area contributed by atoms with Gasteiger partial charge in [-0.15, -0.1) is 0 Å². The molecule has 8 heteroatoms. The van der Waals surface area contributed by atoms with Gasteiger partial charge < -0.3 is 0 Å². The summed E-state index contributed by atoms with van der Waals surface area (Å²) in [6.45, 7) is 0. The lowest BCUT2D eigenvalue weighted by Gasteiger charge is -2.09. The van der Waals surface area contributed by atoms with Crippen molar-refractivity contribution in [3.8, 4) is 6.07 Å². The monoisotopic (exact) mass is 385 g/mol. The van der Waals surface area contributed by atoms with Crippen molar-refractivity contribution in [2.45, 2.75) is 5.75 Å². The summed E-state index contributed by atoms with van der Waals surface area (Å²) in [7, 11) is -3.65. The molecule has 1 N–H and O–H groups in total. The molecular weight excluding hydrogens is 378 g/mol. The summed E-state index contributed by atoms with van der Waals surface area (Å²) in [6.07, 6.45) is 1.32. The van der Waals surface area contributed by atoms with Gasteiger partial charge in [0.25, 0.3) is 0 Å². The predicted octanol–water partition coefficient (Wildman–Crippen LogP) is 3.31. The zero-order chi connectivity index (χ0) is 15.5. The molecule has 1 heterocycles. The molecule has 21 heavy (non-hydrogen) atoms. The van der Waals surface area contributed by atoms with E-state index >= 15 is 0 Å². The first-order valence-corrected chi connectivity index (χ1v) is 8.53. The second-order valence-electron chi connectivity index (χ2n) is 4.13. The van der Waals surface area contributed by atoms with Gasteiger partial charge in [-0.3, -0.25) is 4.72 Å². The topological polar surface area (TPSA) is 82.8 Å². The maximum atomic E-state index is 12.1. The van der Waals surface area contributed by atoms with Gasteiger partial charge in [-0.25, -0.2) is 13.4 Å². The molecule has 0 fully saturated rings. The van der Waals surface area contributed by atoms with Crippen LogP contribution in [0, 0.1) is 11.3 Å². The molecule has 5 nitrogen and oxygen atoms in total. The Hall–Kier alpha value is -1.62. The first-order chi connectivity index (χ1) is 9.91. The van der Waals surface area contributed by atoms with E-state index in [-0.39, 0.29) is 10.9 Å². The van der Waals surface area contributed by atoms with Crippen molar-refractivity contribution in [1.29, 1.82) is 5.26 Å². The summed E-state index contributed by atoms with van der Waals surface area (Å²) in [5.74, 6) is -0.295. The van der Waals surface area contributed by atoms with Gasteiger partial charge in [-0.05, 0) is 33.6 Å². The van der Waals surface area contributed by atoms with Gasteiger partial charge in [0, 0.05) is 0 Å². The SMILES string of the molecule is N#Cc1ccccc1CS(=O)(=O)Nc1cnc(Cl)c(Br)c1. The Morgan fingerprint density at radius 3 is 2.76 bits per heavy atom. The molecule has 1 aromatic carbocycles. The molecule has 0 saturated carbocycles. The molecule has 0 atom stereocenters. The molecule has 1 aromatic heterocycles. The Morgan fingerprint density at radius 2 is 2.10 bits per heavy atom. The Labute approximate surface area is 135 Å². The van der Waals surface area contributed by atoms with E-state index in [1.807, 2.05) is 6.07 Å². The lowest BCUT2D eigenvalue weighted by Crippen LogP contribution is -2.16. The van der Waals surface area contributed by atoms with Crippen LogP contribution in [-0.2, 0) is 15.8 Å². The summed E-state index contributed by atoms with van der Waals surface area (Å²) < 4.78 is 27.2. The highest BCUT2D eigenvalue weighted by Gasteiger charge is 2.15. The minimum atomic E-state index is -3.65. The molecule has 0 aliphatic rings. The van der Waals surface area contributed by atoms with E-state index < -0.39 is 10.0 Å². The van der Waals surface area contributed by atoms with E-state index in [1.165, 1.54) is 12.3 Å². The van der Waals surface area contributed by atoms with Crippen LogP contribution in [0.3, 0.4) is 0 Å². The van der Waals surface area contributed by atoms with E-state index in [4.69, 9.17) is 16.9 Å². The number of hydrogen-bond acceptors (Lipinski definition) is 4. The fourth-order valence-corrected chi connectivity index (χ4v) is 3.31. The second-order valence-corrected chi connectivity index (χ2v) is 7.06. The number of pyridine rings is 1. The maximum Gasteiger partial charge on any atom is 0.237 e. The van der Waals surface area contributed by atoms with Gasteiger partial charge in [0.05, 0.1) is 33.7 Å². The molecule has 108 valence electrons. The predicted molar refractivity (Wildman–Crippen MR) is 84.4 cm³/mol. The number of nitrogens with one attached hydrogen (secondary N) is 1. The number of hydrogen-bond donors (Lipinski definition) is 1. The van der Waals surface area contributed by atoms with Crippen LogP contribution in [-0.4, -0.2) is 13.4 Å². The standard InChI is InChI=1S/C13H9BrClN3O2S/c14-12-5-11(7-17-13(12)15)18-21(19,20)8-10-4-2-1-3-9(10)6-16/h1-5,7,18H,8H2. The van der Waals surface area contributed by atoms with Crippen molar-refractivity contribution in [2.24, 2.45) is 0 Å². The Bertz CT molecular complexity index is 818. The number of halogens is 2. The van der Waals surface area contributed by atoms with Crippen LogP contribution in [0.15, 0.2) is 41.0 Å². The van der Waals surface area contributed by atoms with Crippen LogP contribution in [0.25, 0.3) is 0 Å². The number of nitrogens with zero attached hydrogens (tertiary/aromatic N) is 2. The zero-order valence-corrected chi connectivity index (χ0v) is 13.7. The third-order valence-corrected chi connectivity index (χ3v) is 4.92. The fraction of sp³-hybridized carbons (Fsp3) is 0.0769. The van der Waals surface area contributed by atoms with Crippen LogP contribution in [0.2, 0.25) is 5.15 Å². The molecule has 0 unspecified atom stereocenters. The van der Waals surface area contributed by atoms with Gasteiger partial charge in [-0.1, -0.05) is 29.8 Å². The normalized spacial score (nSPS) is 10.9. The van der Waals surface area contributed by atoms with Crippen molar-refractivity contribution in [2.75, 3.05) is 4.72 Å². The van der Waals surface area contributed by atoms with Crippen LogP contribution < -0.4 is 4.72 Å². The van der Waals surface area contributed by atoms with E-state index in [0.29, 0.717) is 21.3 Å². The molecule has 0 spiro atoms. The van der Waals surface area contributed by atoms with Crippen LogP contribution in [0.5, 0.6) is 0 Å². The van der Waals surface area contributed by atoms with Gasteiger partial charge in [-0.2, -0.15) is 5.26 Å². The highest BCUT2D eigenvalue weighted by atomic mass is 79.9. The average molecular weight is 387 g/mol. The molecule has 0 saturated heterocycles. The van der Waals surface area contributed by atoms with Crippen molar-refractivity contribution in [3.63, 3.8) is 0 Å². The average Bonchev–Trinajstić information content (AvgIpc) is 2.43. The number of nitriles is 1. The third kappa shape index (κ3) is 4.17. The zero-order valence-electron chi connectivity index (χ0n) is 10.5. The Morgan fingerprint density at radius 1 is 1.38 bits per heavy atom. The molecule has 2 aromatic rings. The molecule has 0 aliphatic heterocycles. The molecule has 0 amide bonds. The van der Waals surface area contributed by atoms with E-state index in [1.54, 1.807) is 24.3 Å². The van der Waals surface area contributed by atoms with Crippen LogP contribution in [0.4, 0.5) is 5.69 Å². The number of benzene rings is 1. The highest BCUT2D eigenvalue weighted by molar-refractivity contribution is 9.10. The minimum absolute atomic E-state index is 0.243. The molecule has 2 rings (SSSR count).